The molecule has 0 aliphatic carbocycles. The van der Waals surface area contributed by atoms with Crippen LogP contribution in [-0.4, -0.2) is 87.4 Å². The maximum atomic E-state index is 13.0. The summed E-state index contributed by atoms with van der Waals surface area (Å²) < 4.78 is 23.1. The third-order valence-electron chi connectivity index (χ3n) is 20.1. The molecule has 9 nitrogen and oxygen atoms in total. The molecule has 0 rings (SSSR count). The lowest BCUT2D eigenvalue weighted by atomic mass is 10.0. The molecule has 2 atom stereocenters. The van der Waals surface area contributed by atoms with Crippen molar-refractivity contribution in [1.29, 1.82) is 0 Å². The van der Waals surface area contributed by atoms with Crippen molar-refractivity contribution in [2.45, 2.75) is 482 Å². The van der Waals surface area contributed by atoms with Crippen molar-refractivity contribution in [3.05, 3.63) is 0 Å². The van der Waals surface area contributed by atoms with E-state index in [1.807, 2.05) is 21.1 Å². The Hall–Kier alpha value is -1.71. The van der Waals surface area contributed by atoms with Gasteiger partial charge < -0.3 is 28.5 Å². The highest BCUT2D eigenvalue weighted by Gasteiger charge is 2.25. The summed E-state index contributed by atoms with van der Waals surface area (Å²) in [6, 6.07) is 0. The molecule has 0 aliphatic heterocycles. The zero-order valence-corrected chi connectivity index (χ0v) is 64.4. The lowest BCUT2D eigenvalue weighted by molar-refractivity contribution is -0.870. The van der Waals surface area contributed by atoms with E-state index in [0.717, 1.165) is 38.5 Å². The second kappa shape index (κ2) is 77.0. The van der Waals surface area contributed by atoms with E-state index in [1.54, 1.807) is 0 Å². The molecule has 560 valence electrons. The third-order valence-corrected chi connectivity index (χ3v) is 20.1. The number of quaternary nitrogens is 1. The van der Waals surface area contributed by atoms with Crippen molar-refractivity contribution in [3.8, 4) is 0 Å². The summed E-state index contributed by atoms with van der Waals surface area (Å²) in [6.45, 7) is 4.99. The number of esters is 2. The van der Waals surface area contributed by atoms with E-state index >= 15 is 0 Å². The number of carboxylic acid groups (broad SMARTS) is 1. The van der Waals surface area contributed by atoms with Crippen LogP contribution < -0.4 is 0 Å². The van der Waals surface area contributed by atoms with Gasteiger partial charge >= 0.3 is 17.9 Å². The van der Waals surface area contributed by atoms with Gasteiger partial charge in [0.25, 0.3) is 6.29 Å². The van der Waals surface area contributed by atoms with Crippen LogP contribution in [0, 0.1) is 0 Å². The molecule has 0 aromatic heterocycles. The SMILES string of the molecule is CCCCCCCCCCCCCCCCCCCCCCCCCCCCCCCCCCCCCCCCC(=O)OC(COC(=O)CCCCCCCCCCCCCCCCCCCCCCCCCCCCCCCCC)COC(OCC[N+](C)(C)C)C(=O)O. The third kappa shape index (κ3) is 77.6. The summed E-state index contributed by atoms with van der Waals surface area (Å²) in [5.41, 5.74) is 0. The van der Waals surface area contributed by atoms with Crippen LogP contribution in [0.3, 0.4) is 0 Å². The minimum atomic E-state index is -1.51. The van der Waals surface area contributed by atoms with Gasteiger partial charge in [0.2, 0.25) is 0 Å². The highest BCUT2D eigenvalue weighted by atomic mass is 16.7. The lowest BCUT2D eigenvalue weighted by Gasteiger charge is -2.25. The van der Waals surface area contributed by atoms with Crippen LogP contribution in [-0.2, 0) is 33.3 Å². The van der Waals surface area contributed by atoms with Crippen LogP contribution in [0.4, 0.5) is 0 Å². The second-order valence-electron chi connectivity index (χ2n) is 30.9. The Morgan fingerprint density at radius 1 is 0.277 bits per heavy atom. The maximum absolute atomic E-state index is 13.0. The fraction of sp³-hybridized carbons (Fsp3) is 0.965. The molecule has 1 N–H and O–H groups in total. The lowest BCUT2D eigenvalue weighted by Crippen LogP contribution is -2.40. The molecule has 0 aromatic carbocycles. The number of carbonyl (C=O) groups is 3. The van der Waals surface area contributed by atoms with Crippen molar-refractivity contribution in [2.24, 2.45) is 0 Å². The molecule has 0 aliphatic rings. The first-order valence-electron chi connectivity index (χ1n) is 42.7. The van der Waals surface area contributed by atoms with E-state index < -0.39 is 18.4 Å². The summed E-state index contributed by atoms with van der Waals surface area (Å²) >= 11 is 0. The van der Waals surface area contributed by atoms with Gasteiger partial charge in [0.15, 0.2) is 6.10 Å². The van der Waals surface area contributed by atoms with Gasteiger partial charge in [0, 0.05) is 12.8 Å². The van der Waals surface area contributed by atoms with Crippen LogP contribution in [0.15, 0.2) is 0 Å². The largest absolute Gasteiger partial charge is 0.477 e. The monoisotopic (exact) mass is 1330 g/mol. The molecule has 0 saturated heterocycles. The number of hydrogen-bond acceptors (Lipinski definition) is 7. The summed E-state index contributed by atoms with van der Waals surface area (Å²) in [7, 11) is 6.01. The van der Waals surface area contributed by atoms with Crippen LogP contribution in [0.1, 0.15) is 470 Å². The van der Waals surface area contributed by atoms with E-state index in [9.17, 15) is 19.5 Å². The minimum absolute atomic E-state index is 0.171. The first kappa shape index (κ1) is 92.3. The minimum Gasteiger partial charge on any atom is -0.477 e. The van der Waals surface area contributed by atoms with Gasteiger partial charge in [0.05, 0.1) is 34.4 Å². The molecule has 0 heterocycles. The molecule has 94 heavy (non-hydrogen) atoms. The molecule has 0 aromatic rings. The Morgan fingerprint density at radius 3 is 0.681 bits per heavy atom. The van der Waals surface area contributed by atoms with Crippen LogP contribution in [0.25, 0.3) is 0 Å². The van der Waals surface area contributed by atoms with Crippen molar-refractivity contribution in [3.63, 3.8) is 0 Å². The van der Waals surface area contributed by atoms with E-state index in [-0.39, 0.29) is 38.2 Å². The molecule has 9 heteroatoms. The Labute approximate surface area is 587 Å². The fourth-order valence-corrected chi connectivity index (χ4v) is 13.6. The molecule has 0 saturated carbocycles. The number of aliphatic carboxylic acids is 1. The number of carbonyl (C=O) groups excluding carboxylic acids is 2. The first-order chi connectivity index (χ1) is 46.1. The van der Waals surface area contributed by atoms with Crippen LogP contribution in [0.5, 0.6) is 0 Å². The summed E-state index contributed by atoms with van der Waals surface area (Å²) in [4.78, 5) is 37.8. The van der Waals surface area contributed by atoms with Gasteiger partial charge in [-0.15, -0.1) is 0 Å². The number of carboxylic acids is 1. The van der Waals surface area contributed by atoms with Crippen molar-refractivity contribution >= 4 is 17.9 Å². The number of nitrogens with zero attached hydrogens (tertiary/aromatic N) is 1. The Bertz CT molecular complexity index is 1500. The van der Waals surface area contributed by atoms with Gasteiger partial charge in [-0.3, -0.25) is 9.59 Å². The van der Waals surface area contributed by atoms with Gasteiger partial charge in [-0.25, -0.2) is 4.79 Å². The second-order valence-corrected chi connectivity index (χ2v) is 30.9. The number of likely N-dealkylation sites (N-methyl/N-ethyl adjacent to an activating group) is 1. The average molecular weight is 1330 g/mol. The number of ether oxygens (including phenoxy) is 4. The Morgan fingerprint density at radius 2 is 0.479 bits per heavy atom. The molecular weight excluding hydrogens is 1160 g/mol. The molecule has 2 unspecified atom stereocenters. The van der Waals surface area contributed by atoms with E-state index in [4.69, 9.17) is 18.9 Å². The van der Waals surface area contributed by atoms with Crippen LogP contribution in [0.2, 0.25) is 0 Å². The first-order valence-corrected chi connectivity index (χ1v) is 42.7. The molecule has 0 radical (unpaired) electrons. The maximum Gasteiger partial charge on any atom is 0.361 e. The van der Waals surface area contributed by atoms with Gasteiger partial charge in [-0.1, -0.05) is 444 Å². The van der Waals surface area contributed by atoms with Crippen LogP contribution >= 0.6 is 0 Å². The summed E-state index contributed by atoms with van der Waals surface area (Å²) in [6.07, 6.45) is 93.0. The highest BCUT2D eigenvalue weighted by Crippen LogP contribution is 2.21. The smallest absolute Gasteiger partial charge is 0.361 e. The zero-order chi connectivity index (χ0) is 68.2. The topological polar surface area (TPSA) is 108 Å². The van der Waals surface area contributed by atoms with E-state index in [2.05, 4.69) is 13.8 Å². The molecule has 0 fully saturated rings. The summed E-state index contributed by atoms with van der Waals surface area (Å²) in [5, 5.41) is 9.78. The molecule has 0 amide bonds. The predicted octanol–water partition coefficient (Wildman–Crippen LogP) is 27.3. The average Bonchev–Trinajstić information content (AvgIpc) is 2.74. The standard InChI is InChI=1S/C85H167NO8/c1-6-8-10-12-14-16-18-20-22-24-26-28-30-32-34-36-38-39-40-41-42-43-44-46-48-50-52-54-56-58-60-62-64-66-68-70-72-74-76-83(88)94-81(80-93-85(84(89)90)91-78-77-86(3,4)5)79-92-82(87)75-73-71-69-67-65-63-61-59-57-55-53-51-49-47-45-37-35-33-31-29-27-25-23-21-19-17-15-13-11-9-7-2/h81,85H,6-80H2,1-5H3/p+1. The normalized spacial score (nSPS) is 12.5. The molecule has 0 spiro atoms. The highest BCUT2D eigenvalue weighted by molar-refractivity contribution is 5.71. The summed E-state index contributed by atoms with van der Waals surface area (Å²) in [5.74, 6) is -1.96. The number of hydrogen-bond donors (Lipinski definition) is 1. The van der Waals surface area contributed by atoms with Crippen molar-refractivity contribution in [1.82, 2.24) is 0 Å². The van der Waals surface area contributed by atoms with Gasteiger partial charge in [-0.05, 0) is 12.8 Å². The Kier molecular flexibility index (Phi) is 75.6. The van der Waals surface area contributed by atoms with E-state index in [0.29, 0.717) is 17.4 Å². The van der Waals surface area contributed by atoms with Crippen molar-refractivity contribution < 1.29 is 42.9 Å². The Balaban J connectivity index is 3.90. The van der Waals surface area contributed by atoms with Gasteiger partial charge in [-0.2, -0.15) is 0 Å². The quantitative estimate of drug-likeness (QED) is 0.0278. The number of rotatable bonds is 82. The van der Waals surface area contributed by atoms with Gasteiger partial charge in [0.1, 0.15) is 13.2 Å². The fourth-order valence-electron chi connectivity index (χ4n) is 13.6. The predicted molar refractivity (Wildman–Crippen MR) is 406 cm³/mol. The molecular formula is C85H168NO8+. The molecule has 0 bridgehead atoms. The number of unbranched alkanes of at least 4 members (excludes halogenated alkanes) is 67. The van der Waals surface area contributed by atoms with E-state index in [1.165, 1.54) is 405 Å². The zero-order valence-electron chi connectivity index (χ0n) is 64.4. The van der Waals surface area contributed by atoms with Crippen molar-refractivity contribution in [2.75, 3.05) is 47.5 Å².